The molecule has 0 spiro atoms. The van der Waals surface area contributed by atoms with E-state index in [2.05, 4.69) is 9.05 Å². The van der Waals surface area contributed by atoms with Crippen LogP contribution < -0.4 is 0 Å². The number of rotatable bonds is 6. The molecule has 0 aromatic heterocycles. The zero-order chi connectivity index (χ0) is 14.1. The SMILES string of the molecule is CC(C)OP(=O)(O)C(Cl)(Cl)P(=O)(O)OC(C)C. The smallest absolute Gasteiger partial charge is 0.322 e. The fraction of sp³-hybridized carbons (Fsp3) is 1.00. The van der Waals surface area contributed by atoms with Crippen molar-refractivity contribution in [2.75, 3.05) is 0 Å². The maximum atomic E-state index is 11.7. The molecule has 0 rings (SSSR count). The Bertz CT molecular complexity index is 324. The van der Waals surface area contributed by atoms with Gasteiger partial charge in [-0.3, -0.25) is 9.13 Å². The Balaban J connectivity index is 5.24. The molecule has 0 aliphatic carbocycles. The van der Waals surface area contributed by atoms with Crippen molar-refractivity contribution < 1.29 is 28.0 Å². The number of alkyl halides is 2. The van der Waals surface area contributed by atoms with Crippen molar-refractivity contribution in [1.29, 1.82) is 0 Å². The summed E-state index contributed by atoms with van der Waals surface area (Å²) >= 11 is 11.0. The molecule has 0 bridgehead atoms. The van der Waals surface area contributed by atoms with Gasteiger partial charge in [0.1, 0.15) is 0 Å². The molecule has 104 valence electrons. The Labute approximate surface area is 110 Å². The number of halogens is 2. The van der Waals surface area contributed by atoms with E-state index in [-0.39, 0.29) is 0 Å². The number of hydrogen-bond acceptors (Lipinski definition) is 4. The summed E-state index contributed by atoms with van der Waals surface area (Å²) in [5.74, 6) is 0. The molecule has 0 saturated heterocycles. The predicted molar refractivity (Wildman–Crippen MR) is 66.5 cm³/mol. The molecule has 0 aromatic carbocycles. The largest absolute Gasteiger partial charge is 0.376 e. The maximum absolute atomic E-state index is 11.7. The van der Waals surface area contributed by atoms with Crippen LogP contribution in [-0.2, 0) is 18.2 Å². The molecule has 17 heavy (non-hydrogen) atoms. The summed E-state index contributed by atoms with van der Waals surface area (Å²) in [5, 5.41) is 0. The van der Waals surface area contributed by atoms with Crippen LogP contribution in [0.25, 0.3) is 0 Å². The first-order valence-electron chi connectivity index (χ1n) is 4.74. The Morgan fingerprint density at radius 3 is 1.35 bits per heavy atom. The lowest BCUT2D eigenvalue weighted by Gasteiger charge is -2.30. The molecule has 0 aliphatic rings. The molecule has 10 heteroatoms. The molecule has 0 amide bonds. The van der Waals surface area contributed by atoms with Crippen LogP contribution in [0.1, 0.15) is 27.7 Å². The average molecular weight is 329 g/mol. The summed E-state index contributed by atoms with van der Waals surface area (Å²) in [6, 6.07) is 0. The van der Waals surface area contributed by atoms with Crippen molar-refractivity contribution in [3.63, 3.8) is 0 Å². The molecule has 0 radical (unpaired) electrons. The lowest BCUT2D eigenvalue weighted by atomic mass is 10.5. The van der Waals surface area contributed by atoms with E-state index in [1.807, 2.05) is 0 Å². The van der Waals surface area contributed by atoms with Crippen LogP contribution in [0.4, 0.5) is 0 Å². The van der Waals surface area contributed by atoms with E-state index in [1.54, 1.807) is 0 Å². The second-order valence-electron chi connectivity index (χ2n) is 3.86. The van der Waals surface area contributed by atoms with Crippen molar-refractivity contribution in [2.45, 2.75) is 43.7 Å². The first-order chi connectivity index (χ1) is 7.33. The van der Waals surface area contributed by atoms with Crippen LogP contribution in [0.3, 0.4) is 0 Å². The highest BCUT2D eigenvalue weighted by Crippen LogP contribution is 2.78. The van der Waals surface area contributed by atoms with E-state index < -0.39 is 31.2 Å². The summed E-state index contributed by atoms with van der Waals surface area (Å²) < 4.78 is 29.8. The van der Waals surface area contributed by atoms with Gasteiger partial charge in [-0.15, -0.1) is 0 Å². The zero-order valence-corrected chi connectivity index (χ0v) is 13.1. The van der Waals surface area contributed by atoms with E-state index in [9.17, 15) is 18.9 Å². The molecule has 2 atom stereocenters. The van der Waals surface area contributed by atoms with Gasteiger partial charge in [-0.25, -0.2) is 0 Å². The van der Waals surface area contributed by atoms with Crippen molar-refractivity contribution >= 4 is 38.4 Å². The molecular formula is C7H16Cl2O6P2. The van der Waals surface area contributed by atoms with E-state index in [1.165, 1.54) is 27.7 Å². The van der Waals surface area contributed by atoms with Gasteiger partial charge >= 0.3 is 19.0 Å². The second-order valence-corrected chi connectivity index (χ2v) is 10.4. The van der Waals surface area contributed by atoms with Gasteiger partial charge in [-0.1, -0.05) is 23.2 Å². The Morgan fingerprint density at radius 1 is 0.941 bits per heavy atom. The first-order valence-corrected chi connectivity index (χ1v) is 8.65. The molecular weight excluding hydrogens is 313 g/mol. The van der Waals surface area contributed by atoms with Crippen LogP contribution in [0.5, 0.6) is 0 Å². The van der Waals surface area contributed by atoms with Gasteiger partial charge in [0.05, 0.1) is 12.2 Å². The quantitative estimate of drug-likeness (QED) is 0.574. The van der Waals surface area contributed by atoms with Crippen LogP contribution in [0.15, 0.2) is 0 Å². The topological polar surface area (TPSA) is 93.1 Å². The minimum Gasteiger partial charge on any atom is -0.322 e. The van der Waals surface area contributed by atoms with Gasteiger partial charge in [0, 0.05) is 0 Å². The van der Waals surface area contributed by atoms with Gasteiger partial charge in [0.15, 0.2) is 0 Å². The first kappa shape index (κ1) is 17.9. The lowest BCUT2D eigenvalue weighted by molar-refractivity contribution is 0.188. The normalized spacial score (nSPS) is 20.4. The van der Waals surface area contributed by atoms with Gasteiger partial charge in [-0.2, -0.15) is 0 Å². The summed E-state index contributed by atoms with van der Waals surface area (Å²) in [4.78, 5) is 19.0. The molecule has 0 fully saturated rings. The average Bonchev–Trinajstić information content (AvgIpc) is 1.97. The van der Waals surface area contributed by atoms with Crippen LogP contribution in [-0.4, -0.2) is 25.8 Å². The Kier molecular flexibility index (Phi) is 6.20. The third-order valence-electron chi connectivity index (χ3n) is 1.39. The van der Waals surface area contributed by atoms with Crippen molar-refractivity contribution in [1.82, 2.24) is 0 Å². The summed E-state index contributed by atoms with van der Waals surface area (Å²) in [6.07, 6.45) is -1.39. The minimum atomic E-state index is -4.74. The van der Waals surface area contributed by atoms with E-state index in [4.69, 9.17) is 23.2 Å². The molecule has 2 N–H and O–H groups in total. The van der Waals surface area contributed by atoms with Crippen LogP contribution >= 0.6 is 38.4 Å². The molecule has 0 aliphatic heterocycles. The highest BCUT2D eigenvalue weighted by atomic mass is 35.5. The monoisotopic (exact) mass is 328 g/mol. The van der Waals surface area contributed by atoms with E-state index in [0.717, 1.165) is 0 Å². The second kappa shape index (κ2) is 5.89. The minimum absolute atomic E-state index is 0.693. The third kappa shape index (κ3) is 4.48. The summed E-state index contributed by atoms with van der Waals surface area (Å²) in [5.41, 5.74) is 0. The lowest BCUT2D eigenvalue weighted by Crippen LogP contribution is -2.21. The van der Waals surface area contributed by atoms with Gasteiger partial charge in [0.25, 0.3) is 0 Å². The van der Waals surface area contributed by atoms with Crippen LogP contribution in [0, 0.1) is 0 Å². The van der Waals surface area contributed by atoms with Gasteiger partial charge in [-0.05, 0) is 27.7 Å². The summed E-state index contributed by atoms with van der Waals surface area (Å²) in [6.45, 7) is 5.83. The van der Waals surface area contributed by atoms with Crippen molar-refractivity contribution in [2.24, 2.45) is 0 Å². The van der Waals surface area contributed by atoms with E-state index in [0.29, 0.717) is 0 Å². The van der Waals surface area contributed by atoms with Gasteiger partial charge < -0.3 is 18.8 Å². The molecule has 2 unspecified atom stereocenters. The van der Waals surface area contributed by atoms with Crippen molar-refractivity contribution in [3.05, 3.63) is 0 Å². The Morgan fingerprint density at radius 2 is 1.18 bits per heavy atom. The zero-order valence-electron chi connectivity index (χ0n) is 9.83. The number of hydrogen-bond donors (Lipinski definition) is 2. The third-order valence-corrected chi connectivity index (χ3v) is 8.24. The van der Waals surface area contributed by atoms with Gasteiger partial charge in [0.2, 0.25) is 0 Å². The highest BCUT2D eigenvalue weighted by molar-refractivity contribution is 7.79. The summed E-state index contributed by atoms with van der Waals surface area (Å²) in [7, 11) is -9.47. The fourth-order valence-corrected chi connectivity index (χ4v) is 4.29. The molecule has 6 nitrogen and oxygen atoms in total. The molecule has 0 aromatic rings. The predicted octanol–water partition coefficient (Wildman–Crippen LogP) is 3.30. The fourth-order valence-electron chi connectivity index (χ4n) is 0.858. The van der Waals surface area contributed by atoms with Crippen molar-refractivity contribution in [3.8, 4) is 0 Å². The highest BCUT2D eigenvalue weighted by Gasteiger charge is 2.62. The van der Waals surface area contributed by atoms with E-state index >= 15 is 0 Å². The molecule has 0 saturated carbocycles. The molecule has 0 heterocycles. The Hall–Kier alpha value is 0.880. The maximum Gasteiger partial charge on any atom is 0.376 e. The van der Waals surface area contributed by atoms with Crippen LogP contribution in [0.2, 0.25) is 0 Å². The standard InChI is InChI=1S/C7H16Cl2O6P2/c1-5(2)14-16(10,11)7(8,9)17(12,13)15-6(3)4/h5-6H,1-4H3,(H,10,11)(H,12,13).